The smallest absolute Gasteiger partial charge is 0.337 e. The Morgan fingerprint density at radius 3 is 2.72 bits per heavy atom. The molecule has 7 nitrogen and oxygen atoms in total. The molecule has 4 N–H and O–H groups in total. The molecule has 0 aliphatic rings. The first-order valence-electron chi connectivity index (χ1n) is 5.30. The fourth-order valence-corrected chi connectivity index (χ4v) is 1.75. The summed E-state index contributed by atoms with van der Waals surface area (Å²) in [7, 11) is 0. The summed E-state index contributed by atoms with van der Waals surface area (Å²) in [5.41, 5.74) is -1.99. The molecule has 1 atom stereocenters. The quantitative estimate of drug-likeness (QED) is 0.630. The van der Waals surface area contributed by atoms with Crippen molar-refractivity contribution in [1.82, 2.24) is 10.3 Å². The number of carboxylic acids is 1. The molecule has 0 radical (unpaired) electrons. The number of aryl methyl sites for hydroxylation is 1. The fourth-order valence-electron chi connectivity index (χ4n) is 0.998. The molecule has 8 heteroatoms. The first-order valence-corrected chi connectivity index (χ1v) is 6.12. The van der Waals surface area contributed by atoms with E-state index in [1.54, 1.807) is 6.20 Å². The van der Waals surface area contributed by atoms with Gasteiger partial charge < -0.3 is 15.5 Å². The van der Waals surface area contributed by atoms with Crippen LogP contribution < -0.4 is 10.6 Å². The molecule has 1 aromatic rings. The van der Waals surface area contributed by atoms with Crippen molar-refractivity contribution in [2.75, 3.05) is 11.9 Å². The molecule has 2 amide bonds. The molecule has 0 spiro atoms. The maximum atomic E-state index is 11.4. The van der Waals surface area contributed by atoms with Gasteiger partial charge in [-0.25, -0.2) is 14.6 Å². The number of aliphatic hydroxyl groups is 1. The Bertz CT molecular complexity index is 444. The number of carbonyl (C=O) groups excluding carboxylic acids is 1. The molecule has 1 heterocycles. The van der Waals surface area contributed by atoms with Crippen molar-refractivity contribution in [3.8, 4) is 0 Å². The van der Waals surface area contributed by atoms with Crippen molar-refractivity contribution in [2.45, 2.75) is 25.9 Å². The zero-order valence-corrected chi connectivity index (χ0v) is 10.9. The lowest BCUT2D eigenvalue weighted by Gasteiger charge is -2.18. The molecule has 1 unspecified atom stereocenters. The minimum Gasteiger partial charge on any atom is -0.479 e. The average Bonchev–Trinajstić information content (AvgIpc) is 2.74. The number of carboxylic acid groups (broad SMARTS) is 1. The van der Waals surface area contributed by atoms with Gasteiger partial charge in [-0.15, -0.1) is 11.3 Å². The molecule has 1 aromatic heterocycles. The van der Waals surface area contributed by atoms with Gasteiger partial charge in [-0.1, -0.05) is 6.92 Å². The molecule has 0 saturated heterocycles. The molecule has 1 rings (SSSR count). The van der Waals surface area contributed by atoms with Gasteiger partial charge in [-0.2, -0.15) is 0 Å². The Morgan fingerprint density at radius 2 is 2.22 bits per heavy atom. The number of rotatable bonds is 5. The van der Waals surface area contributed by atoms with Crippen molar-refractivity contribution in [2.24, 2.45) is 0 Å². The largest absolute Gasteiger partial charge is 0.479 e. The molecule has 0 bridgehead atoms. The number of nitrogens with one attached hydrogen (secondary N) is 2. The zero-order chi connectivity index (χ0) is 13.8. The van der Waals surface area contributed by atoms with E-state index in [4.69, 9.17) is 5.11 Å². The molecule has 18 heavy (non-hydrogen) atoms. The minimum absolute atomic E-state index is 0.389. The third-order valence-corrected chi connectivity index (χ3v) is 3.23. The van der Waals surface area contributed by atoms with Gasteiger partial charge >= 0.3 is 12.0 Å². The molecular formula is C10H15N3O4S. The summed E-state index contributed by atoms with van der Waals surface area (Å²) < 4.78 is 0. The number of urea groups is 1. The topological polar surface area (TPSA) is 112 Å². The molecule has 0 aromatic carbocycles. The van der Waals surface area contributed by atoms with Crippen LogP contribution in [0.5, 0.6) is 0 Å². The zero-order valence-electron chi connectivity index (χ0n) is 10.1. The highest BCUT2D eigenvalue weighted by molar-refractivity contribution is 7.15. The number of hydrogen-bond donors (Lipinski definition) is 4. The van der Waals surface area contributed by atoms with Crippen LogP contribution in [0.25, 0.3) is 0 Å². The van der Waals surface area contributed by atoms with Crippen LogP contribution in [0.2, 0.25) is 0 Å². The van der Waals surface area contributed by atoms with Gasteiger partial charge in [0.2, 0.25) is 0 Å². The predicted molar refractivity (Wildman–Crippen MR) is 66.8 cm³/mol. The third kappa shape index (κ3) is 3.97. The van der Waals surface area contributed by atoms with Crippen LogP contribution in [0.4, 0.5) is 9.93 Å². The van der Waals surface area contributed by atoms with Crippen LogP contribution in [-0.2, 0) is 11.2 Å². The second-order valence-corrected chi connectivity index (χ2v) is 4.99. The van der Waals surface area contributed by atoms with E-state index in [1.165, 1.54) is 11.3 Å². The Morgan fingerprint density at radius 1 is 1.56 bits per heavy atom. The molecule has 0 aliphatic heterocycles. The second kappa shape index (κ2) is 5.78. The summed E-state index contributed by atoms with van der Waals surface area (Å²) in [5, 5.41) is 23.2. The number of amides is 2. The van der Waals surface area contributed by atoms with Crippen LogP contribution in [-0.4, -0.2) is 39.3 Å². The number of anilines is 1. The van der Waals surface area contributed by atoms with E-state index < -0.39 is 17.6 Å². The van der Waals surface area contributed by atoms with E-state index >= 15 is 0 Å². The maximum absolute atomic E-state index is 11.4. The lowest BCUT2D eigenvalue weighted by atomic mass is 10.1. The molecule has 100 valence electrons. The Balaban J connectivity index is 2.45. The van der Waals surface area contributed by atoms with Crippen molar-refractivity contribution >= 4 is 28.5 Å². The number of carbonyl (C=O) groups is 2. The summed E-state index contributed by atoms with van der Waals surface area (Å²) in [6.45, 7) is 2.69. The van der Waals surface area contributed by atoms with Gasteiger partial charge in [0.25, 0.3) is 0 Å². The SMILES string of the molecule is CCc1cnc(NC(=O)NCC(C)(O)C(=O)O)s1. The summed E-state index contributed by atoms with van der Waals surface area (Å²) in [4.78, 5) is 27.0. The Hall–Kier alpha value is -1.67. The summed E-state index contributed by atoms with van der Waals surface area (Å²) >= 11 is 1.34. The van der Waals surface area contributed by atoms with E-state index in [0.717, 1.165) is 18.2 Å². The van der Waals surface area contributed by atoms with Crippen LogP contribution in [0.1, 0.15) is 18.7 Å². The normalized spacial score (nSPS) is 13.7. The van der Waals surface area contributed by atoms with Gasteiger partial charge in [0, 0.05) is 11.1 Å². The van der Waals surface area contributed by atoms with E-state index in [2.05, 4.69) is 15.6 Å². The molecule has 0 aliphatic carbocycles. The standard InChI is InChI=1S/C10H15N3O4S/c1-3-6-4-11-9(18-6)13-8(16)12-5-10(2,17)7(14)15/h4,17H,3,5H2,1-2H3,(H,14,15)(H2,11,12,13,16). The highest BCUT2D eigenvalue weighted by atomic mass is 32.1. The van der Waals surface area contributed by atoms with Crippen LogP contribution >= 0.6 is 11.3 Å². The number of hydrogen-bond acceptors (Lipinski definition) is 5. The van der Waals surface area contributed by atoms with E-state index in [-0.39, 0.29) is 6.54 Å². The summed E-state index contributed by atoms with van der Waals surface area (Å²) in [6, 6.07) is -0.603. The van der Waals surface area contributed by atoms with Gasteiger partial charge in [0.1, 0.15) is 0 Å². The lowest BCUT2D eigenvalue weighted by Crippen LogP contribution is -2.47. The van der Waals surface area contributed by atoms with Crippen molar-refractivity contribution in [3.05, 3.63) is 11.1 Å². The fraction of sp³-hybridized carbons (Fsp3) is 0.500. The predicted octanol–water partition coefficient (Wildman–Crippen LogP) is 0.663. The molecule has 0 fully saturated rings. The second-order valence-electron chi connectivity index (χ2n) is 3.87. The van der Waals surface area contributed by atoms with Crippen LogP contribution in [0.15, 0.2) is 6.20 Å². The van der Waals surface area contributed by atoms with E-state index in [0.29, 0.717) is 5.13 Å². The number of nitrogens with zero attached hydrogens (tertiary/aromatic N) is 1. The number of aromatic nitrogens is 1. The van der Waals surface area contributed by atoms with Crippen molar-refractivity contribution in [3.63, 3.8) is 0 Å². The van der Waals surface area contributed by atoms with Crippen LogP contribution in [0.3, 0.4) is 0 Å². The summed E-state index contributed by atoms with van der Waals surface area (Å²) in [6.07, 6.45) is 2.49. The highest BCUT2D eigenvalue weighted by Gasteiger charge is 2.30. The Kier molecular flexibility index (Phi) is 4.62. The first-order chi connectivity index (χ1) is 8.35. The molecule has 0 saturated carbocycles. The monoisotopic (exact) mass is 273 g/mol. The summed E-state index contributed by atoms with van der Waals surface area (Å²) in [5.74, 6) is -1.40. The third-order valence-electron chi connectivity index (χ3n) is 2.18. The number of thiazole rings is 1. The van der Waals surface area contributed by atoms with Gasteiger partial charge in [0.15, 0.2) is 10.7 Å². The lowest BCUT2D eigenvalue weighted by molar-refractivity contribution is -0.155. The molecular weight excluding hydrogens is 258 g/mol. The van der Waals surface area contributed by atoms with Gasteiger partial charge in [-0.05, 0) is 13.3 Å². The minimum atomic E-state index is -1.99. The van der Waals surface area contributed by atoms with Crippen molar-refractivity contribution < 1.29 is 19.8 Å². The average molecular weight is 273 g/mol. The van der Waals surface area contributed by atoms with E-state index in [1.807, 2.05) is 6.92 Å². The van der Waals surface area contributed by atoms with Gasteiger partial charge in [0.05, 0.1) is 6.54 Å². The van der Waals surface area contributed by atoms with Crippen LogP contribution in [0, 0.1) is 0 Å². The Labute approximate surface area is 108 Å². The van der Waals surface area contributed by atoms with Crippen molar-refractivity contribution in [1.29, 1.82) is 0 Å². The highest BCUT2D eigenvalue weighted by Crippen LogP contribution is 2.17. The van der Waals surface area contributed by atoms with E-state index in [9.17, 15) is 14.7 Å². The number of aliphatic carboxylic acids is 1. The first kappa shape index (κ1) is 14.4. The maximum Gasteiger partial charge on any atom is 0.337 e. The van der Waals surface area contributed by atoms with Gasteiger partial charge in [-0.3, -0.25) is 5.32 Å².